The summed E-state index contributed by atoms with van der Waals surface area (Å²) in [6.07, 6.45) is 5.36. The fourth-order valence-electron chi connectivity index (χ4n) is 3.29. The standard InChI is InChI=1S/C15H22O/c1-10(2)12-5-7-15(4)8-6-14(16)11(3)13(15)9-12/h12H,1,5-9H2,2-4H3/t12?,15-/m0/s1. The van der Waals surface area contributed by atoms with E-state index in [9.17, 15) is 4.79 Å². The number of ketones is 1. The van der Waals surface area contributed by atoms with Crippen molar-refractivity contribution >= 4 is 5.78 Å². The normalized spacial score (nSPS) is 34.9. The molecule has 16 heavy (non-hydrogen) atoms. The van der Waals surface area contributed by atoms with Crippen LogP contribution >= 0.6 is 0 Å². The van der Waals surface area contributed by atoms with Crippen molar-refractivity contribution in [3.05, 3.63) is 23.3 Å². The Balaban J connectivity index is 2.34. The molecule has 1 nitrogen and oxygen atoms in total. The van der Waals surface area contributed by atoms with E-state index in [-0.39, 0.29) is 0 Å². The monoisotopic (exact) mass is 218 g/mol. The van der Waals surface area contributed by atoms with Gasteiger partial charge in [-0.2, -0.15) is 0 Å². The predicted octanol–water partition coefficient (Wildman–Crippen LogP) is 4.05. The Bertz CT molecular complexity index is 375. The number of allylic oxidation sites excluding steroid dienone is 3. The fourth-order valence-corrected chi connectivity index (χ4v) is 3.29. The van der Waals surface area contributed by atoms with Gasteiger partial charge >= 0.3 is 0 Å². The molecule has 2 aliphatic carbocycles. The first-order valence-corrected chi connectivity index (χ1v) is 6.33. The van der Waals surface area contributed by atoms with Gasteiger partial charge in [0.2, 0.25) is 0 Å². The van der Waals surface area contributed by atoms with Crippen LogP contribution in [0.1, 0.15) is 52.9 Å². The molecule has 2 aliphatic rings. The van der Waals surface area contributed by atoms with Crippen LogP contribution in [0, 0.1) is 11.3 Å². The van der Waals surface area contributed by atoms with E-state index in [1.165, 1.54) is 24.0 Å². The lowest BCUT2D eigenvalue weighted by Crippen LogP contribution is -2.33. The molecule has 0 saturated heterocycles. The maximum atomic E-state index is 11.8. The molecule has 2 rings (SSSR count). The van der Waals surface area contributed by atoms with Crippen LogP contribution in [-0.2, 0) is 4.79 Å². The predicted molar refractivity (Wildman–Crippen MR) is 67.2 cm³/mol. The second-order valence-electron chi connectivity index (χ2n) is 5.87. The van der Waals surface area contributed by atoms with Gasteiger partial charge in [-0.1, -0.05) is 24.6 Å². The zero-order chi connectivity index (χ0) is 11.9. The summed E-state index contributed by atoms with van der Waals surface area (Å²) >= 11 is 0. The van der Waals surface area contributed by atoms with Crippen molar-refractivity contribution < 1.29 is 4.79 Å². The Morgan fingerprint density at radius 3 is 2.75 bits per heavy atom. The number of carbonyl (C=O) groups is 1. The lowest BCUT2D eigenvalue weighted by atomic mass is 9.61. The average molecular weight is 218 g/mol. The number of Topliss-reactive ketones (excluding diaryl/α,β-unsaturated/α-hetero) is 1. The highest BCUT2D eigenvalue weighted by Crippen LogP contribution is 2.51. The van der Waals surface area contributed by atoms with E-state index in [2.05, 4.69) is 20.4 Å². The van der Waals surface area contributed by atoms with E-state index < -0.39 is 0 Å². The molecule has 0 N–H and O–H groups in total. The molecule has 1 fully saturated rings. The maximum Gasteiger partial charge on any atom is 0.158 e. The zero-order valence-corrected chi connectivity index (χ0v) is 10.7. The third-order valence-corrected chi connectivity index (χ3v) is 4.70. The number of hydrogen-bond donors (Lipinski definition) is 0. The molecular weight excluding hydrogens is 196 g/mol. The Morgan fingerprint density at radius 2 is 2.12 bits per heavy atom. The zero-order valence-electron chi connectivity index (χ0n) is 10.7. The van der Waals surface area contributed by atoms with Gasteiger partial charge in [0, 0.05) is 6.42 Å². The largest absolute Gasteiger partial charge is 0.295 e. The van der Waals surface area contributed by atoms with Crippen LogP contribution in [0.4, 0.5) is 0 Å². The Hall–Kier alpha value is -0.850. The van der Waals surface area contributed by atoms with Gasteiger partial charge in [-0.25, -0.2) is 0 Å². The smallest absolute Gasteiger partial charge is 0.158 e. The minimum Gasteiger partial charge on any atom is -0.295 e. The van der Waals surface area contributed by atoms with Gasteiger partial charge in [-0.15, -0.1) is 0 Å². The van der Waals surface area contributed by atoms with E-state index >= 15 is 0 Å². The number of carbonyl (C=O) groups excluding carboxylic acids is 1. The van der Waals surface area contributed by atoms with Crippen molar-refractivity contribution in [1.82, 2.24) is 0 Å². The first-order valence-electron chi connectivity index (χ1n) is 6.33. The van der Waals surface area contributed by atoms with E-state index in [1.54, 1.807) is 0 Å². The summed E-state index contributed by atoms with van der Waals surface area (Å²) in [4.78, 5) is 11.8. The van der Waals surface area contributed by atoms with E-state index in [1.807, 2.05) is 6.92 Å². The quantitative estimate of drug-likeness (QED) is 0.607. The molecule has 0 aliphatic heterocycles. The minimum atomic E-state index is 0.309. The highest BCUT2D eigenvalue weighted by atomic mass is 16.1. The average Bonchev–Trinajstić information content (AvgIpc) is 2.24. The molecule has 0 aromatic heterocycles. The van der Waals surface area contributed by atoms with Crippen molar-refractivity contribution in [1.29, 1.82) is 0 Å². The van der Waals surface area contributed by atoms with Gasteiger partial charge in [0.25, 0.3) is 0 Å². The summed E-state index contributed by atoms with van der Waals surface area (Å²) in [7, 11) is 0. The van der Waals surface area contributed by atoms with E-state index in [0.29, 0.717) is 17.1 Å². The molecule has 0 aromatic carbocycles. The number of fused-ring (bicyclic) bond motifs is 1. The second kappa shape index (κ2) is 3.87. The van der Waals surface area contributed by atoms with Crippen molar-refractivity contribution in [3.8, 4) is 0 Å². The van der Waals surface area contributed by atoms with Gasteiger partial charge in [0.05, 0.1) is 0 Å². The van der Waals surface area contributed by atoms with Gasteiger partial charge in [-0.05, 0) is 56.4 Å². The molecule has 0 aromatic rings. The van der Waals surface area contributed by atoms with Gasteiger partial charge in [0.15, 0.2) is 5.78 Å². The van der Waals surface area contributed by atoms with Gasteiger partial charge in [-0.3, -0.25) is 4.79 Å². The second-order valence-corrected chi connectivity index (χ2v) is 5.87. The first kappa shape index (κ1) is 11.6. The van der Waals surface area contributed by atoms with Crippen LogP contribution in [0.3, 0.4) is 0 Å². The van der Waals surface area contributed by atoms with Crippen molar-refractivity contribution in [2.24, 2.45) is 11.3 Å². The van der Waals surface area contributed by atoms with Crippen molar-refractivity contribution in [2.75, 3.05) is 0 Å². The lowest BCUT2D eigenvalue weighted by Gasteiger charge is -2.43. The van der Waals surface area contributed by atoms with Crippen LogP contribution in [-0.4, -0.2) is 5.78 Å². The molecule has 0 amide bonds. The number of rotatable bonds is 1. The molecule has 0 heterocycles. The Labute approximate surface area is 98.6 Å². The minimum absolute atomic E-state index is 0.309. The Kier molecular flexibility index (Phi) is 2.81. The van der Waals surface area contributed by atoms with Crippen LogP contribution < -0.4 is 0 Å². The van der Waals surface area contributed by atoms with Gasteiger partial charge < -0.3 is 0 Å². The molecule has 0 bridgehead atoms. The fraction of sp³-hybridized carbons (Fsp3) is 0.667. The van der Waals surface area contributed by atoms with Crippen LogP contribution in [0.5, 0.6) is 0 Å². The van der Waals surface area contributed by atoms with Crippen molar-refractivity contribution in [2.45, 2.75) is 52.9 Å². The first-order chi connectivity index (χ1) is 7.44. The summed E-state index contributed by atoms with van der Waals surface area (Å²) in [5.74, 6) is 0.971. The molecule has 88 valence electrons. The molecular formula is C15H22O. The summed E-state index contributed by atoms with van der Waals surface area (Å²) in [6.45, 7) is 10.6. The van der Waals surface area contributed by atoms with E-state index in [4.69, 9.17) is 0 Å². The molecule has 1 heteroatoms. The lowest BCUT2D eigenvalue weighted by molar-refractivity contribution is -0.117. The van der Waals surface area contributed by atoms with Crippen LogP contribution in [0.2, 0.25) is 0 Å². The van der Waals surface area contributed by atoms with Crippen LogP contribution in [0.25, 0.3) is 0 Å². The third-order valence-electron chi connectivity index (χ3n) is 4.70. The maximum absolute atomic E-state index is 11.8. The highest BCUT2D eigenvalue weighted by Gasteiger charge is 2.40. The molecule has 1 unspecified atom stereocenters. The summed E-state index contributed by atoms with van der Waals surface area (Å²) < 4.78 is 0. The van der Waals surface area contributed by atoms with Crippen LogP contribution in [0.15, 0.2) is 23.3 Å². The summed E-state index contributed by atoms with van der Waals surface area (Å²) in [5, 5.41) is 0. The topological polar surface area (TPSA) is 17.1 Å². The highest BCUT2D eigenvalue weighted by molar-refractivity contribution is 5.96. The summed E-state index contributed by atoms with van der Waals surface area (Å²) in [5.41, 5.74) is 4.08. The summed E-state index contributed by atoms with van der Waals surface area (Å²) in [6, 6.07) is 0. The third kappa shape index (κ3) is 1.77. The molecule has 0 spiro atoms. The molecule has 2 atom stereocenters. The molecule has 0 radical (unpaired) electrons. The SMILES string of the molecule is C=C(C)C1CC[C@@]2(C)CCC(=O)C(C)=C2C1. The van der Waals surface area contributed by atoms with E-state index in [0.717, 1.165) is 24.8 Å². The molecule has 1 saturated carbocycles. The van der Waals surface area contributed by atoms with Crippen molar-refractivity contribution in [3.63, 3.8) is 0 Å². The number of hydrogen-bond acceptors (Lipinski definition) is 1. The van der Waals surface area contributed by atoms with Gasteiger partial charge in [0.1, 0.15) is 0 Å². The Morgan fingerprint density at radius 1 is 1.44 bits per heavy atom.